The van der Waals surface area contributed by atoms with Gasteiger partial charge in [-0.25, -0.2) is 0 Å². The first-order valence-corrected chi connectivity index (χ1v) is 6.83. The van der Waals surface area contributed by atoms with Crippen LogP contribution in [0.2, 0.25) is 0 Å². The van der Waals surface area contributed by atoms with E-state index in [1.54, 1.807) is 24.5 Å². The minimum absolute atomic E-state index is 0.0238. The highest BCUT2D eigenvalue weighted by molar-refractivity contribution is 5.76. The lowest BCUT2D eigenvalue weighted by molar-refractivity contribution is -0.384. The van der Waals surface area contributed by atoms with E-state index in [0.717, 1.165) is 5.56 Å². The van der Waals surface area contributed by atoms with Crippen molar-refractivity contribution in [3.8, 4) is 11.1 Å². The van der Waals surface area contributed by atoms with Crippen molar-refractivity contribution in [2.45, 2.75) is 32.9 Å². The van der Waals surface area contributed by atoms with Gasteiger partial charge >= 0.3 is 0 Å². The van der Waals surface area contributed by atoms with Crippen molar-refractivity contribution in [2.24, 2.45) is 0 Å². The van der Waals surface area contributed by atoms with Crippen molar-refractivity contribution in [3.05, 3.63) is 46.8 Å². The number of nitrogens with zero attached hydrogens (tertiary/aromatic N) is 3. The lowest BCUT2D eigenvalue weighted by Gasteiger charge is -2.20. The Morgan fingerprint density at radius 3 is 2.73 bits per heavy atom. The highest BCUT2D eigenvalue weighted by Gasteiger charge is 2.15. The number of benzene rings is 1. The molecule has 0 aliphatic rings. The van der Waals surface area contributed by atoms with Crippen LogP contribution in [0.5, 0.6) is 0 Å². The lowest BCUT2D eigenvalue weighted by Crippen LogP contribution is -2.42. The molecule has 0 unspecified atom stereocenters. The molecule has 1 aromatic carbocycles. The second-order valence-electron chi connectivity index (χ2n) is 6.03. The Labute approximate surface area is 128 Å². The van der Waals surface area contributed by atoms with E-state index in [2.05, 4.69) is 10.4 Å². The third-order valence-corrected chi connectivity index (χ3v) is 2.84. The van der Waals surface area contributed by atoms with Gasteiger partial charge in [-0.1, -0.05) is 12.1 Å². The Kier molecular flexibility index (Phi) is 4.25. The summed E-state index contributed by atoms with van der Waals surface area (Å²) in [5.74, 6) is -0.138. The molecule has 0 fully saturated rings. The maximum Gasteiger partial charge on any atom is 0.270 e. The van der Waals surface area contributed by atoms with Crippen LogP contribution in [-0.4, -0.2) is 26.1 Å². The van der Waals surface area contributed by atoms with Crippen molar-refractivity contribution in [3.63, 3.8) is 0 Å². The fourth-order valence-corrected chi connectivity index (χ4v) is 2.00. The number of amides is 1. The molecule has 7 nitrogen and oxygen atoms in total. The van der Waals surface area contributed by atoms with Crippen LogP contribution in [0.1, 0.15) is 20.8 Å². The van der Waals surface area contributed by atoms with Crippen molar-refractivity contribution < 1.29 is 9.72 Å². The number of rotatable bonds is 4. The van der Waals surface area contributed by atoms with Crippen molar-refractivity contribution >= 4 is 11.6 Å². The van der Waals surface area contributed by atoms with Crippen molar-refractivity contribution in [1.29, 1.82) is 0 Å². The quantitative estimate of drug-likeness (QED) is 0.693. The maximum atomic E-state index is 11.9. The second kappa shape index (κ2) is 5.97. The Bertz CT molecular complexity index is 701. The minimum Gasteiger partial charge on any atom is -0.350 e. The van der Waals surface area contributed by atoms with Crippen LogP contribution in [-0.2, 0) is 11.3 Å². The van der Waals surface area contributed by atoms with Gasteiger partial charge in [0.2, 0.25) is 5.91 Å². The number of carbonyl (C=O) groups is 1. The van der Waals surface area contributed by atoms with Gasteiger partial charge in [-0.15, -0.1) is 0 Å². The van der Waals surface area contributed by atoms with Gasteiger partial charge in [0.1, 0.15) is 6.54 Å². The zero-order valence-corrected chi connectivity index (χ0v) is 12.7. The molecule has 1 amide bonds. The molecule has 0 atom stereocenters. The molecule has 0 saturated carbocycles. The van der Waals surface area contributed by atoms with Gasteiger partial charge in [0, 0.05) is 29.4 Å². The van der Waals surface area contributed by atoms with Crippen LogP contribution in [0, 0.1) is 10.1 Å². The van der Waals surface area contributed by atoms with Gasteiger partial charge in [0.05, 0.1) is 11.1 Å². The molecule has 1 aromatic heterocycles. The summed E-state index contributed by atoms with van der Waals surface area (Å²) in [6.07, 6.45) is 3.28. The van der Waals surface area contributed by atoms with E-state index in [9.17, 15) is 14.9 Å². The summed E-state index contributed by atoms with van der Waals surface area (Å²) in [7, 11) is 0. The fraction of sp³-hybridized carbons (Fsp3) is 0.333. The number of hydrogen-bond acceptors (Lipinski definition) is 4. The standard InChI is InChI=1S/C15H18N4O3/c1-15(2,3)17-14(20)10-18-9-12(8-16-18)11-5-4-6-13(7-11)19(21)22/h4-9H,10H2,1-3H3,(H,17,20). The normalized spacial score (nSPS) is 11.2. The Balaban J connectivity index is 2.13. The monoisotopic (exact) mass is 302 g/mol. The van der Waals surface area contributed by atoms with Gasteiger partial charge in [-0.3, -0.25) is 19.6 Å². The number of nitrogens with one attached hydrogen (secondary N) is 1. The minimum atomic E-state index is -0.440. The van der Waals surface area contributed by atoms with E-state index >= 15 is 0 Å². The highest BCUT2D eigenvalue weighted by Crippen LogP contribution is 2.23. The van der Waals surface area contributed by atoms with E-state index in [-0.39, 0.29) is 23.7 Å². The summed E-state index contributed by atoms with van der Waals surface area (Å²) in [5, 5.41) is 17.8. The Hall–Kier alpha value is -2.70. The lowest BCUT2D eigenvalue weighted by atomic mass is 10.1. The molecule has 7 heteroatoms. The summed E-state index contributed by atoms with van der Waals surface area (Å²) in [6.45, 7) is 5.82. The van der Waals surface area contributed by atoms with Crippen LogP contribution < -0.4 is 5.32 Å². The number of nitro benzene ring substituents is 1. The first-order valence-electron chi connectivity index (χ1n) is 6.83. The van der Waals surface area contributed by atoms with Gasteiger partial charge in [-0.2, -0.15) is 5.10 Å². The molecule has 0 bridgehead atoms. The molecule has 0 spiro atoms. The van der Waals surface area contributed by atoms with Gasteiger partial charge in [-0.05, 0) is 26.3 Å². The summed E-state index contributed by atoms with van der Waals surface area (Å²) < 4.78 is 1.51. The molecule has 1 N–H and O–H groups in total. The van der Waals surface area contributed by atoms with E-state index < -0.39 is 4.92 Å². The average molecular weight is 302 g/mol. The summed E-state index contributed by atoms with van der Waals surface area (Å²) >= 11 is 0. The van der Waals surface area contributed by atoms with Crippen LogP contribution in [0.3, 0.4) is 0 Å². The molecule has 2 rings (SSSR count). The number of non-ortho nitro benzene ring substituents is 1. The molecule has 1 heterocycles. The first-order chi connectivity index (χ1) is 10.2. The summed E-state index contributed by atoms with van der Waals surface area (Å²) in [6, 6.07) is 6.31. The fourth-order valence-electron chi connectivity index (χ4n) is 2.00. The highest BCUT2D eigenvalue weighted by atomic mass is 16.6. The summed E-state index contributed by atoms with van der Waals surface area (Å²) in [5.41, 5.74) is 1.15. The first kappa shape index (κ1) is 15.7. The van der Waals surface area contributed by atoms with E-state index in [4.69, 9.17) is 0 Å². The predicted molar refractivity (Wildman–Crippen MR) is 82.2 cm³/mol. The molecule has 0 aliphatic carbocycles. The van der Waals surface area contributed by atoms with Gasteiger partial charge < -0.3 is 5.32 Å². The van der Waals surface area contributed by atoms with Crippen molar-refractivity contribution in [2.75, 3.05) is 0 Å². The summed E-state index contributed by atoms with van der Waals surface area (Å²) in [4.78, 5) is 22.2. The maximum absolute atomic E-state index is 11.9. The smallest absolute Gasteiger partial charge is 0.270 e. The third kappa shape index (κ3) is 4.15. The topological polar surface area (TPSA) is 90.1 Å². The Morgan fingerprint density at radius 2 is 2.09 bits per heavy atom. The zero-order valence-electron chi connectivity index (χ0n) is 12.7. The average Bonchev–Trinajstić information content (AvgIpc) is 2.85. The SMILES string of the molecule is CC(C)(C)NC(=O)Cn1cc(-c2cccc([N+](=O)[O-])c2)cn1. The molecule has 2 aromatic rings. The van der Waals surface area contributed by atoms with Gasteiger partial charge in [0.25, 0.3) is 5.69 Å². The molecule has 0 aliphatic heterocycles. The number of hydrogen-bond donors (Lipinski definition) is 1. The molecule has 116 valence electrons. The number of carbonyl (C=O) groups excluding carboxylic acids is 1. The number of aromatic nitrogens is 2. The van der Waals surface area contributed by atoms with Crippen LogP contribution in [0.4, 0.5) is 5.69 Å². The molecular formula is C15H18N4O3. The van der Waals surface area contributed by atoms with E-state index in [1.807, 2.05) is 20.8 Å². The van der Waals surface area contributed by atoms with Crippen LogP contribution in [0.15, 0.2) is 36.7 Å². The van der Waals surface area contributed by atoms with Crippen LogP contribution in [0.25, 0.3) is 11.1 Å². The molecule has 22 heavy (non-hydrogen) atoms. The second-order valence-corrected chi connectivity index (χ2v) is 6.03. The zero-order chi connectivity index (χ0) is 16.3. The molecule has 0 saturated heterocycles. The van der Waals surface area contributed by atoms with Crippen molar-refractivity contribution in [1.82, 2.24) is 15.1 Å². The van der Waals surface area contributed by atoms with Gasteiger partial charge in [0.15, 0.2) is 0 Å². The molecule has 0 radical (unpaired) electrons. The van der Waals surface area contributed by atoms with E-state index in [0.29, 0.717) is 5.56 Å². The van der Waals surface area contributed by atoms with Crippen LogP contribution >= 0.6 is 0 Å². The number of nitro groups is 1. The predicted octanol–water partition coefficient (Wildman–Crippen LogP) is 2.37. The third-order valence-electron chi connectivity index (χ3n) is 2.84. The molecular weight excluding hydrogens is 284 g/mol. The Morgan fingerprint density at radius 1 is 1.36 bits per heavy atom. The largest absolute Gasteiger partial charge is 0.350 e. The van der Waals surface area contributed by atoms with E-state index in [1.165, 1.54) is 16.8 Å².